The van der Waals surface area contributed by atoms with E-state index < -0.39 is 5.76 Å². The number of methoxy groups -OCH3 is 2. The van der Waals surface area contributed by atoms with Crippen molar-refractivity contribution in [3.63, 3.8) is 0 Å². The number of oxazole rings is 1. The maximum Gasteiger partial charge on any atom is 0.419 e. The molecule has 2 rings (SSSR count). The highest BCUT2D eigenvalue weighted by molar-refractivity contribution is 5.58. The second-order valence-corrected chi connectivity index (χ2v) is 4.18. The largest absolute Gasteiger partial charge is 0.497 e. The molecule has 1 aromatic heterocycles. The van der Waals surface area contributed by atoms with Crippen LogP contribution in [0.25, 0.3) is 12.7 Å². The number of benzene rings is 1. The van der Waals surface area contributed by atoms with E-state index in [1.165, 1.54) is 4.57 Å². The number of hydrogen-bond acceptors (Lipinski definition) is 4. The predicted molar refractivity (Wildman–Crippen MR) is 76.5 cm³/mol. The van der Waals surface area contributed by atoms with Crippen LogP contribution in [0.1, 0.15) is 12.5 Å². The predicted octanol–water partition coefficient (Wildman–Crippen LogP) is 0.718. The van der Waals surface area contributed by atoms with E-state index in [4.69, 9.17) is 13.9 Å². The molecule has 0 saturated carbocycles. The Balaban J connectivity index is 2.61. The Morgan fingerprint density at radius 3 is 2.65 bits per heavy atom. The van der Waals surface area contributed by atoms with Gasteiger partial charge in [0.2, 0.25) is 0 Å². The van der Waals surface area contributed by atoms with Gasteiger partial charge in [0.05, 0.1) is 19.6 Å². The first-order valence-corrected chi connectivity index (χ1v) is 6.23. The Kier molecular flexibility index (Phi) is 3.98. The minimum Gasteiger partial charge on any atom is -0.497 e. The average Bonchev–Trinajstić information content (AvgIpc) is 2.73. The lowest BCUT2D eigenvalue weighted by Gasteiger charge is -2.06. The van der Waals surface area contributed by atoms with Crippen molar-refractivity contribution in [1.82, 2.24) is 4.57 Å². The van der Waals surface area contributed by atoms with Crippen LogP contribution in [0.4, 0.5) is 0 Å². The molecule has 1 aromatic carbocycles. The maximum atomic E-state index is 11.6. The normalized spacial score (nSPS) is 11.7. The Hall–Kier alpha value is -2.43. The van der Waals surface area contributed by atoms with Gasteiger partial charge in [0.25, 0.3) is 0 Å². The van der Waals surface area contributed by atoms with Gasteiger partial charge in [0.15, 0.2) is 5.42 Å². The summed E-state index contributed by atoms with van der Waals surface area (Å²) >= 11 is 0. The number of ether oxygens (including phenoxy) is 2. The van der Waals surface area contributed by atoms with Gasteiger partial charge in [-0.15, -0.1) is 0 Å². The third kappa shape index (κ3) is 2.47. The van der Waals surface area contributed by atoms with Crippen LogP contribution in [0.5, 0.6) is 11.5 Å². The zero-order valence-electron chi connectivity index (χ0n) is 11.8. The van der Waals surface area contributed by atoms with E-state index in [0.29, 0.717) is 28.8 Å². The highest BCUT2D eigenvalue weighted by atomic mass is 16.5. The zero-order valence-corrected chi connectivity index (χ0v) is 11.8. The SMILES string of the molecule is C=c1/c(=C\c2ccc(OC)cc2OC)oc(=O)n1CC. The summed E-state index contributed by atoms with van der Waals surface area (Å²) in [5.74, 6) is 0.924. The van der Waals surface area contributed by atoms with Crippen LogP contribution in [-0.4, -0.2) is 18.8 Å². The molecule has 5 heteroatoms. The third-order valence-electron chi connectivity index (χ3n) is 3.07. The summed E-state index contributed by atoms with van der Waals surface area (Å²) in [6.07, 6.45) is 1.73. The molecule has 0 bridgehead atoms. The maximum absolute atomic E-state index is 11.6. The molecule has 0 N–H and O–H groups in total. The Bertz CT molecular complexity index is 770. The molecule has 0 fully saturated rings. The van der Waals surface area contributed by atoms with E-state index in [0.717, 1.165) is 5.56 Å². The lowest BCUT2D eigenvalue weighted by Crippen LogP contribution is -2.30. The fourth-order valence-electron chi connectivity index (χ4n) is 1.96. The lowest BCUT2D eigenvalue weighted by atomic mass is 10.2. The van der Waals surface area contributed by atoms with E-state index in [1.54, 1.807) is 26.4 Å². The number of nitrogens with zero attached hydrogens (tertiary/aromatic N) is 1. The van der Waals surface area contributed by atoms with Crippen molar-refractivity contribution < 1.29 is 13.9 Å². The molecule has 0 spiro atoms. The summed E-state index contributed by atoms with van der Waals surface area (Å²) in [4.78, 5) is 11.6. The van der Waals surface area contributed by atoms with Gasteiger partial charge in [-0.05, 0) is 25.1 Å². The van der Waals surface area contributed by atoms with Crippen molar-refractivity contribution >= 4 is 12.7 Å². The highest BCUT2D eigenvalue weighted by Crippen LogP contribution is 2.24. The van der Waals surface area contributed by atoms with E-state index in [-0.39, 0.29) is 0 Å². The number of rotatable bonds is 4. The molecular formula is C15H17NO4. The molecule has 2 aromatic rings. The number of aromatic nitrogens is 1. The first-order valence-electron chi connectivity index (χ1n) is 6.23. The second-order valence-electron chi connectivity index (χ2n) is 4.18. The Morgan fingerprint density at radius 1 is 1.35 bits per heavy atom. The van der Waals surface area contributed by atoms with Crippen LogP contribution in [0.2, 0.25) is 0 Å². The van der Waals surface area contributed by atoms with Crippen molar-refractivity contribution in [3.8, 4) is 11.5 Å². The topological polar surface area (TPSA) is 53.6 Å². The summed E-state index contributed by atoms with van der Waals surface area (Å²) in [5.41, 5.74) is 1.22. The van der Waals surface area contributed by atoms with Crippen molar-refractivity contribution in [3.05, 3.63) is 45.1 Å². The van der Waals surface area contributed by atoms with Crippen molar-refractivity contribution in [2.75, 3.05) is 14.2 Å². The van der Waals surface area contributed by atoms with E-state index in [9.17, 15) is 4.79 Å². The fourth-order valence-corrected chi connectivity index (χ4v) is 1.96. The molecular weight excluding hydrogens is 258 g/mol. The van der Waals surface area contributed by atoms with Crippen LogP contribution in [-0.2, 0) is 6.54 Å². The lowest BCUT2D eigenvalue weighted by molar-refractivity contribution is 0.393. The molecule has 0 amide bonds. The molecule has 0 aliphatic heterocycles. The summed E-state index contributed by atoms with van der Waals surface area (Å²) in [6, 6.07) is 5.41. The van der Waals surface area contributed by atoms with Gasteiger partial charge < -0.3 is 13.9 Å². The van der Waals surface area contributed by atoms with Crippen LogP contribution in [0.3, 0.4) is 0 Å². The minimum atomic E-state index is -0.406. The first kappa shape index (κ1) is 14.0. The fraction of sp³-hybridized carbons (Fsp3) is 0.267. The quantitative estimate of drug-likeness (QED) is 0.825. The Labute approximate surface area is 116 Å². The van der Waals surface area contributed by atoms with Crippen molar-refractivity contribution in [1.29, 1.82) is 0 Å². The molecule has 106 valence electrons. The van der Waals surface area contributed by atoms with E-state index in [2.05, 4.69) is 6.58 Å². The first-order chi connectivity index (χ1) is 9.60. The van der Waals surface area contributed by atoms with Gasteiger partial charge in [-0.2, -0.15) is 0 Å². The van der Waals surface area contributed by atoms with Crippen LogP contribution in [0.15, 0.2) is 27.4 Å². The molecule has 0 unspecified atom stereocenters. The smallest absolute Gasteiger partial charge is 0.419 e. The van der Waals surface area contributed by atoms with Gasteiger partial charge in [-0.25, -0.2) is 4.79 Å². The van der Waals surface area contributed by atoms with Crippen LogP contribution >= 0.6 is 0 Å². The third-order valence-corrected chi connectivity index (χ3v) is 3.07. The highest BCUT2D eigenvalue weighted by Gasteiger charge is 2.05. The van der Waals surface area contributed by atoms with E-state index >= 15 is 0 Å². The Morgan fingerprint density at radius 2 is 2.10 bits per heavy atom. The van der Waals surface area contributed by atoms with Crippen LogP contribution < -0.4 is 26.0 Å². The zero-order chi connectivity index (χ0) is 14.7. The van der Waals surface area contributed by atoms with Gasteiger partial charge in [0, 0.05) is 18.2 Å². The van der Waals surface area contributed by atoms with Crippen molar-refractivity contribution in [2.45, 2.75) is 13.5 Å². The summed E-state index contributed by atoms with van der Waals surface area (Å²) in [7, 11) is 3.16. The molecule has 0 saturated heterocycles. The van der Waals surface area contributed by atoms with Gasteiger partial charge in [-0.1, -0.05) is 6.58 Å². The summed E-state index contributed by atoms with van der Waals surface area (Å²) in [5, 5.41) is 0.551. The molecule has 20 heavy (non-hydrogen) atoms. The van der Waals surface area contributed by atoms with Gasteiger partial charge in [0.1, 0.15) is 11.5 Å². The van der Waals surface area contributed by atoms with Crippen molar-refractivity contribution in [2.24, 2.45) is 0 Å². The molecule has 0 aliphatic rings. The minimum absolute atomic E-state index is 0.406. The molecule has 1 heterocycles. The number of hydrogen-bond donors (Lipinski definition) is 0. The van der Waals surface area contributed by atoms with Gasteiger partial charge in [-0.3, -0.25) is 4.57 Å². The van der Waals surface area contributed by atoms with Gasteiger partial charge >= 0.3 is 5.76 Å². The average molecular weight is 275 g/mol. The second kappa shape index (κ2) is 5.69. The van der Waals surface area contributed by atoms with E-state index in [1.807, 2.05) is 19.1 Å². The monoisotopic (exact) mass is 275 g/mol. The molecule has 0 aliphatic carbocycles. The summed E-state index contributed by atoms with van der Waals surface area (Å²) < 4.78 is 17.1. The summed E-state index contributed by atoms with van der Waals surface area (Å²) in [6.45, 7) is 6.26. The molecule has 5 nitrogen and oxygen atoms in total. The van der Waals surface area contributed by atoms with Crippen LogP contribution in [0, 0.1) is 0 Å². The molecule has 0 radical (unpaired) electrons. The molecule has 0 atom stereocenters. The standard InChI is InChI=1S/C15H17NO4/c1-5-16-10(2)13(20-15(16)17)8-11-6-7-12(18-3)9-14(11)19-4/h6-9H,2,5H2,1,3-4H3/b13-8+.